The van der Waals surface area contributed by atoms with Gasteiger partial charge >= 0.3 is 0 Å². The highest BCUT2D eigenvalue weighted by Crippen LogP contribution is 2.30. The Labute approximate surface area is 163 Å². The van der Waals surface area contributed by atoms with Gasteiger partial charge in [0.15, 0.2) is 5.76 Å². The van der Waals surface area contributed by atoms with Crippen LogP contribution in [0.25, 0.3) is 0 Å². The van der Waals surface area contributed by atoms with Crippen molar-refractivity contribution in [2.24, 2.45) is 5.10 Å². The zero-order valence-corrected chi connectivity index (χ0v) is 16.0. The fourth-order valence-corrected chi connectivity index (χ4v) is 3.42. The lowest BCUT2D eigenvalue weighted by Gasteiger charge is -2.13. The normalized spacial score (nSPS) is 14.6. The van der Waals surface area contributed by atoms with Crippen molar-refractivity contribution in [3.05, 3.63) is 76.9 Å². The van der Waals surface area contributed by atoms with Crippen molar-refractivity contribution in [2.75, 3.05) is 10.7 Å². The Morgan fingerprint density at radius 2 is 1.96 bits per heavy atom. The van der Waals surface area contributed by atoms with Crippen molar-refractivity contribution >= 4 is 23.1 Å². The highest BCUT2D eigenvalue weighted by molar-refractivity contribution is 6.09. The summed E-state index contributed by atoms with van der Waals surface area (Å²) in [5.41, 5.74) is 7.73. The van der Waals surface area contributed by atoms with Gasteiger partial charge in [0.1, 0.15) is 11.6 Å². The van der Waals surface area contributed by atoms with Crippen molar-refractivity contribution in [1.29, 1.82) is 0 Å². The van der Waals surface area contributed by atoms with Crippen molar-refractivity contribution in [2.45, 2.75) is 33.1 Å². The van der Waals surface area contributed by atoms with E-state index in [1.54, 1.807) is 6.20 Å². The lowest BCUT2D eigenvalue weighted by Crippen LogP contribution is -2.15. The maximum atomic E-state index is 12.7. The molecule has 0 unspecified atom stereocenters. The Morgan fingerprint density at radius 3 is 2.75 bits per heavy atom. The number of pyridine rings is 1. The number of hydrogen-bond donors (Lipinski definition) is 2. The smallest absolute Gasteiger partial charge is 0.292 e. The summed E-state index contributed by atoms with van der Waals surface area (Å²) >= 11 is 0. The summed E-state index contributed by atoms with van der Waals surface area (Å²) in [6.45, 7) is 3.86. The van der Waals surface area contributed by atoms with E-state index >= 15 is 0 Å². The SMILES string of the molecule is Cc1ccnc(NC(=O)c2oc3c(c2C)/C(=N/Nc2ccccc2)CCC3)c1. The number of carbonyl (C=O) groups is 1. The summed E-state index contributed by atoms with van der Waals surface area (Å²) in [6.07, 6.45) is 4.25. The van der Waals surface area contributed by atoms with Crippen molar-refractivity contribution in [3.63, 3.8) is 0 Å². The molecule has 1 amide bonds. The van der Waals surface area contributed by atoms with Crippen LogP contribution in [0.4, 0.5) is 11.5 Å². The third-order valence-electron chi connectivity index (χ3n) is 4.78. The van der Waals surface area contributed by atoms with Gasteiger partial charge in [0.2, 0.25) is 0 Å². The summed E-state index contributed by atoms with van der Waals surface area (Å²) < 4.78 is 5.93. The van der Waals surface area contributed by atoms with E-state index in [0.717, 1.165) is 53.1 Å². The van der Waals surface area contributed by atoms with Crippen LogP contribution in [0.2, 0.25) is 0 Å². The average Bonchev–Trinajstić information content (AvgIpc) is 3.05. The molecule has 6 nitrogen and oxygen atoms in total. The number of nitrogens with zero attached hydrogens (tertiary/aromatic N) is 2. The molecule has 28 heavy (non-hydrogen) atoms. The van der Waals surface area contributed by atoms with Gasteiger partial charge < -0.3 is 9.73 Å². The van der Waals surface area contributed by atoms with E-state index in [1.807, 2.05) is 56.3 Å². The highest BCUT2D eigenvalue weighted by atomic mass is 16.4. The molecule has 2 heterocycles. The number of para-hydroxylation sites is 1. The molecular formula is C22H22N4O2. The number of hydrogen-bond acceptors (Lipinski definition) is 5. The second kappa shape index (κ2) is 7.68. The van der Waals surface area contributed by atoms with Crippen LogP contribution in [0.1, 0.15) is 45.8 Å². The fourth-order valence-electron chi connectivity index (χ4n) is 3.42. The van der Waals surface area contributed by atoms with Crippen LogP contribution < -0.4 is 10.7 Å². The molecule has 0 bridgehead atoms. The molecule has 0 fully saturated rings. The Kier molecular flexibility index (Phi) is 4.93. The van der Waals surface area contributed by atoms with Crippen LogP contribution in [-0.4, -0.2) is 16.6 Å². The van der Waals surface area contributed by atoms with E-state index < -0.39 is 0 Å². The predicted molar refractivity (Wildman–Crippen MR) is 110 cm³/mol. The van der Waals surface area contributed by atoms with Gasteiger partial charge in [-0.3, -0.25) is 10.2 Å². The molecule has 1 aromatic carbocycles. The maximum absolute atomic E-state index is 12.7. The van der Waals surface area contributed by atoms with Crippen LogP contribution in [0.15, 0.2) is 58.2 Å². The number of amides is 1. The van der Waals surface area contributed by atoms with E-state index in [0.29, 0.717) is 11.6 Å². The van der Waals surface area contributed by atoms with Gasteiger partial charge in [-0.1, -0.05) is 18.2 Å². The summed E-state index contributed by atoms with van der Waals surface area (Å²) in [5.74, 6) is 1.36. The Morgan fingerprint density at radius 1 is 1.14 bits per heavy atom. The first-order chi connectivity index (χ1) is 13.6. The van der Waals surface area contributed by atoms with Gasteiger partial charge in [-0.05, 0) is 56.5 Å². The van der Waals surface area contributed by atoms with E-state index in [9.17, 15) is 4.79 Å². The standard InChI is InChI=1S/C22H22N4O2/c1-14-11-12-23-19(13-14)24-22(27)21-15(2)20-17(9-6-10-18(20)28-21)26-25-16-7-4-3-5-8-16/h3-5,7-8,11-13,25H,6,9-10H2,1-2H3,(H,23,24,27)/b26-17+. The fraction of sp³-hybridized carbons (Fsp3) is 0.227. The van der Waals surface area contributed by atoms with E-state index in [4.69, 9.17) is 4.42 Å². The number of hydrazone groups is 1. The molecule has 0 aliphatic heterocycles. The summed E-state index contributed by atoms with van der Waals surface area (Å²) in [6, 6.07) is 13.5. The molecule has 0 radical (unpaired) electrons. The minimum absolute atomic E-state index is 0.291. The molecule has 142 valence electrons. The molecule has 0 saturated carbocycles. The van der Waals surface area contributed by atoms with Gasteiger partial charge in [0.05, 0.1) is 11.4 Å². The Hall–Kier alpha value is -3.41. The average molecular weight is 374 g/mol. The Bertz CT molecular complexity index is 1040. The number of fused-ring (bicyclic) bond motifs is 1. The minimum atomic E-state index is -0.291. The molecule has 2 N–H and O–H groups in total. The number of aromatic nitrogens is 1. The molecule has 6 heteroatoms. The highest BCUT2D eigenvalue weighted by Gasteiger charge is 2.28. The molecular weight excluding hydrogens is 352 g/mol. The number of benzene rings is 1. The third kappa shape index (κ3) is 3.67. The first-order valence-electron chi connectivity index (χ1n) is 9.36. The van der Waals surface area contributed by atoms with Crippen LogP contribution in [0.3, 0.4) is 0 Å². The van der Waals surface area contributed by atoms with Gasteiger partial charge in [0.25, 0.3) is 5.91 Å². The maximum Gasteiger partial charge on any atom is 0.292 e. The number of nitrogens with one attached hydrogen (secondary N) is 2. The van der Waals surface area contributed by atoms with E-state index in [2.05, 4.69) is 20.8 Å². The second-order valence-electron chi connectivity index (χ2n) is 6.92. The number of rotatable bonds is 4. The molecule has 2 aromatic heterocycles. The zero-order valence-electron chi connectivity index (χ0n) is 16.0. The molecule has 1 aliphatic carbocycles. The monoisotopic (exact) mass is 374 g/mol. The molecule has 0 saturated heterocycles. The summed E-state index contributed by atoms with van der Waals surface area (Å²) in [4.78, 5) is 16.9. The quantitative estimate of drug-likeness (QED) is 0.649. The van der Waals surface area contributed by atoms with Crippen molar-refractivity contribution in [3.8, 4) is 0 Å². The summed E-state index contributed by atoms with van der Waals surface area (Å²) in [7, 11) is 0. The third-order valence-corrected chi connectivity index (χ3v) is 4.78. The van der Waals surface area contributed by atoms with Crippen molar-refractivity contribution < 1.29 is 9.21 Å². The second-order valence-corrected chi connectivity index (χ2v) is 6.92. The Balaban J connectivity index is 1.60. The summed E-state index contributed by atoms with van der Waals surface area (Å²) in [5, 5.41) is 7.41. The van der Waals surface area contributed by atoms with E-state index in [1.165, 1.54) is 0 Å². The largest absolute Gasteiger partial charge is 0.455 e. The molecule has 0 spiro atoms. The van der Waals surface area contributed by atoms with Crippen molar-refractivity contribution in [1.82, 2.24) is 4.98 Å². The molecule has 0 atom stereocenters. The first-order valence-corrected chi connectivity index (χ1v) is 9.36. The molecule has 4 rings (SSSR count). The zero-order chi connectivity index (χ0) is 19.5. The number of furan rings is 1. The predicted octanol–water partition coefficient (Wildman–Crippen LogP) is 4.70. The van der Waals surface area contributed by atoms with Crippen LogP contribution in [0, 0.1) is 13.8 Å². The first kappa shape index (κ1) is 18.0. The van der Waals surface area contributed by atoms with Gasteiger partial charge in [-0.15, -0.1) is 0 Å². The number of aryl methyl sites for hydroxylation is 2. The minimum Gasteiger partial charge on any atom is -0.455 e. The van der Waals surface area contributed by atoms with Gasteiger partial charge in [0, 0.05) is 23.7 Å². The topological polar surface area (TPSA) is 79.5 Å². The lowest BCUT2D eigenvalue weighted by atomic mass is 9.93. The number of carbonyl (C=O) groups excluding carboxylic acids is 1. The van der Waals surface area contributed by atoms with Gasteiger partial charge in [-0.25, -0.2) is 4.98 Å². The van der Waals surface area contributed by atoms with E-state index in [-0.39, 0.29) is 5.91 Å². The lowest BCUT2D eigenvalue weighted by molar-refractivity contribution is 0.0993. The molecule has 3 aromatic rings. The molecule has 1 aliphatic rings. The van der Waals surface area contributed by atoms with Crippen LogP contribution in [-0.2, 0) is 6.42 Å². The van der Waals surface area contributed by atoms with Crippen LogP contribution >= 0.6 is 0 Å². The van der Waals surface area contributed by atoms with Gasteiger partial charge in [-0.2, -0.15) is 5.10 Å². The van der Waals surface area contributed by atoms with Crippen LogP contribution in [0.5, 0.6) is 0 Å². The number of anilines is 2.